The smallest absolute Gasteiger partial charge is 0.361 e. The van der Waals surface area contributed by atoms with Crippen molar-refractivity contribution < 1.29 is 9.53 Å². The average Bonchev–Trinajstić information content (AvgIpc) is 2.95. The molecule has 0 aliphatic heterocycles. The summed E-state index contributed by atoms with van der Waals surface area (Å²) in [5.41, 5.74) is 2.08. The fraction of sp³-hybridized carbons (Fsp3) is 0.143. The molecule has 1 aromatic carbocycles. The van der Waals surface area contributed by atoms with Crippen LogP contribution >= 0.6 is 15.9 Å². The Morgan fingerprint density at radius 2 is 2.24 bits per heavy atom. The molecule has 0 saturated heterocycles. The standard InChI is InChI=1S/C14H11BrN4O2/c1-2-21-14(20)13-12(17-19-18-13)10-5-3-4-8-6-9(15)7-16-11(8)10/h3-7H,2H2,1H3,(H,17,18,19). The van der Waals surface area contributed by atoms with Crippen LogP contribution in [0.25, 0.3) is 22.2 Å². The number of carbonyl (C=O) groups excluding carboxylic acids is 1. The summed E-state index contributed by atoms with van der Waals surface area (Å²) in [6.07, 6.45) is 1.70. The molecule has 0 unspecified atom stereocenters. The quantitative estimate of drug-likeness (QED) is 0.737. The van der Waals surface area contributed by atoms with E-state index in [1.165, 1.54) is 0 Å². The largest absolute Gasteiger partial charge is 0.461 e. The summed E-state index contributed by atoms with van der Waals surface area (Å²) in [4.78, 5) is 16.3. The molecule has 106 valence electrons. The molecule has 0 radical (unpaired) electrons. The number of nitrogens with zero attached hydrogens (tertiary/aromatic N) is 3. The van der Waals surface area contributed by atoms with E-state index >= 15 is 0 Å². The Bertz CT molecular complexity index is 816. The number of nitrogens with one attached hydrogen (secondary N) is 1. The monoisotopic (exact) mass is 346 g/mol. The highest BCUT2D eigenvalue weighted by atomic mass is 79.9. The molecular formula is C14H11BrN4O2. The van der Waals surface area contributed by atoms with Gasteiger partial charge in [-0.2, -0.15) is 10.3 Å². The van der Waals surface area contributed by atoms with E-state index in [9.17, 15) is 4.79 Å². The van der Waals surface area contributed by atoms with Gasteiger partial charge in [-0.1, -0.05) is 18.2 Å². The van der Waals surface area contributed by atoms with Gasteiger partial charge >= 0.3 is 5.97 Å². The van der Waals surface area contributed by atoms with Crippen molar-refractivity contribution in [2.24, 2.45) is 0 Å². The zero-order chi connectivity index (χ0) is 14.8. The molecule has 2 heterocycles. The molecule has 0 fully saturated rings. The molecule has 3 aromatic rings. The first-order valence-electron chi connectivity index (χ1n) is 6.33. The van der Waals surface area contributed by atoms with E-state index < -0.39 is 5.97 Å². The summed E-state index contributed by atoms with van der Waals surface area (Å²) in [5, 5.41) is 11.4. The van der Waals surface area contributed by atoms with Crippen LogP contribution in [-0.4, -0.2) is 33.0 Å². The van der Waals surface area contributed by atoms with Crippen LogP contribution in [0.4, 0.5) is 0 Å². The van der Waals surface area contributed by atoms with Crippen LogP contribution in [-0.2, 0) is 4.74 Å². The number of halogens is 1. The number of carbonyl (C=O) groups is 1. The summed E-state index contributed by atoms with van der Waals surface area (Å²) >= 11 is 3.39. The third kappa shape index (κ3) is 2.52. The SMILES string of the molecule is CCOC(=O)c1n[nH]nc1-c1cccc2cc(Br)cnc12. The highest BCUT2D eigenvalue weighted by Gasteiger charge is 2.20. The van der Waals surface area contributed by atoms with Crippen molar-refractivity contribution in [1.82, 2.24) is 20.4 Å². The third-order valence-corrected chi connectivity index (χ3v) is 3.38. The number of fused-ring (bicyclic) bond motifs is 1. The number of hydrogen-bond acceptors (Lipinski definition) is 5. The van der Waals surface area contributed by atoms with Crippen molar-refractivity contribution in [3.63, 3.8) is 0 Å². The number of esters is 1. The van der Waals surface area contributed by atoms with Crippen LogP contribution in [0.1, 0.15) is 17.4 Å². The number of ether oxygens (including phenoxy) is 1. The Morgan fingerprint density at radius 3 is 3.05 bits per heavy atom. The van der Waals surface area contributed by atoms with Crippen LogP contribution in [0.2, 0.25) is 0 Å². The van der Waals surface area contributed by atoms with Gasteiger partial charge in [0.05, 0.1) is 12.1 Å². The number of rotatable bonds is 3. The maximum Gasteiger partial charge on any atom is 0.361 e. The fourth-order valence-corrected chi connectivity index (χ4v) is 2.43. The molecule has 0 aliphatic rings. The molecule has 2 aromatic heterocycles. The topological polar surface area (TPSA) is 80.8 Å². The second-order valence-corrected chi connectivity index (χ2v) is 5.19. The minimum atomic E-state index is -0.504. The van der Waals surface area contributed by atoms with Gasteiger partial charge < -0.3 is 4.74 Å². The summed E-state index contributed by atoms with van der Waals surface area (Å²) in [7, 11) is 0. The Kier molecular flexibility index (Phi) is 3.66. The first kappa shape index (κ1) is 13.7. The number of para-hydroxylation sites is 1. The zero-order valence-electron chi connectivity index (χ0n) is 11.1. The van der Waals surface area contributed by atoms with Gasteiger partial charge in [0.1, 0.15) is 5.69 Å². The van der Waals surface area contributed by atoms with Crippen LogP contribution in [0.3, 0.4) is 0 Å². The second kappa shape index (κ2) is 5.61. The van der Waals surface area contributed by atoms with Crippen LogP contribution < -0.4 is 0 Å². The lowest BCUT2D eigenvalue weighted by atomic mass is 10.1. The number of hydrogen-bond donors (Lipinski definition) is 1. The van der Waals surface area contributed by atoms with E-state index in [0.29, 0.717) is 5.69 Å². The molecule has 0 amide bonds. The van der Waals surface area contributed by atoms with Gasteiger partial charge in [0.2, 0.25) is 0 Å². The lowest BCUT2D eigenvalue weighted by molar-refractivity contribution is 0.0520. The van der Waals surface area contributed by atoms with Crippen molar-refractivity contribution in [3.8, 4) is 11.3 Å². The summed E-state index contributed by atoms with van der Waals surface area (Å²) in [6, 6.07) is 7.63. The molecule has 1 N–H and O–H groups in total. The minimum Gasteiger partial charge on any atom is -0.461 e. The fourth-order valence-electron chi connectivity index (χ4n) is 2.09. The Hall–Kier alpha value is -2.28. The molecule has 7 heteroatoms. The summed E-state index contributed by atoms with van der Waals surface area (Å²) in [5.74, 6) is -0.504. The van der Waals surface area contributed by atoms with Gasteiger partial charge in [0.25, 0.3) is 0 Å². The molecule has 3 rings (SSSR count). The molecule has 0 spiro atoms. The van der Waals surface area contributed by atoms with Gasteiger partial charge in [0.15, 0.2) is 5.69 Å². The molecule has 21 heavy (non-hydrogen) atoms. The van der Waals surface area contributed by atoms with E-state index in [4.69, 9.17) is 4.74 Å². The Balaban J connectivity index is 2.18. The third-order valence-electron chi connectivity index (χ3n) is 2.95. The first-order chi connectivity index (χ1) is 10.2. The van der Waals surface area contributed by atoms with Gasteiger partial charge in [-0.3, -0.25) is 4.98 Å². The van der Waals surface area contributed by atoms with Gasteiger partial charge in [-0.15, -0.1) is 5.10 Å². The van der Waals surface area contributed by atoms with E-state index in [2.05, 4.69) is 36.3 Å². The highest BCUT2D eigenvalue weighted by Crippen LogP contribution is 2.28. The molecular weight excluding hydrogens is 336 g/mol. The minimum absolute atomic E-state index is 0.161. The maximum absolute atomic E-state index is 11.9. The normalized spacial score (nSPS) is 10.8. The van der Waals surface area contributed by atoms with Crippen molar-refractivity contribution in [3.05, 3.63) is 40.6 Å². The zero-order valence-corrected chi connectivity index (χ0v) is 12.7. The molecule has 0 saturated carbocycles. The molecule has 0 atom stereocenters. The van der Waals surface area contributed by atoms with Crippen LogP contribution in [0, 0.1) is 0 Å². The number of benzene rings is 1. The van der Waals surface area contributed by atoms with Crippen molar-refractivity contribution >= 4 is 32.8 Å². The number of aromatic nitrogens is 4. The molecule has 0 bridgehead atoms. The average molecular weight is 347 g/mol. The van der Waals surface area contributed by atoms with Crippen molar-refractivity contribution in [2.75, 3.05) is 6.61 Å². The number of H-pyrrole nitrogens is 1. The predicted molar refractivity (Wildman–Crippen MR) is 80.8 cm³/mol. The van der Waals surface area contributed by atoms with E-state index in [0.717, 1.165) is 20.9 Å². The maximum atomic E-state index is 11.9. The number of aromatic amines is 1. The van der Waals surface area contributed by atoms with E-state index in [1.54, 1.807) is 13.1 Å². The second-order valence-electron chi connectivity index (χ2n) is 4.27. The van der Waals surface area contributed by atoms with Gasteiger partial charge in [-0.05, 0) is 28.9 Å². The van der Waals surface area contributed by atoms with Gasteiger partial charge in [-0.25, -0.2) is 4.79 Å². The lowest BCUT2D eigenvalue weighted by Crippen LogP contribution is -2.07. The Morgan fingerprint density at radius 1 is 1.38 bits per heavy atom. The van der Waals surface area contributed by atoms with Crippen molar-refractivity contribution in [2.45, 2.75) is 6.92 Å². The Labute approximate surface area is 128 Å². The van der Waals surface area contributed by atoms with Crippen LogP contribution in [0.5, 0.6) is 0 Å². The predicted octanol–water partition coefficient (Wildman–Crippen LogP) is 2.96. The lowest BCUT2D eigenvalue weighted by Gasteiger charge is -2.05. The van der Waals surface area contributed by atoms with E-state index in [-0.39, 0.29) is 12.3 Å². The summed E-state index contributed by atoms with van der Waals surface area (Å²) < 4.78 is 5.88. The highest BCUT2D eigenvalue weighted by molar-refractivity contribution is 9.10. The van der Waals surface area contributed by atoms with Crippen LogP contribution in [0.15, 0.2) is 34.9 Å². The van der Waals surface area contributed by atoms with Gasteiger partial charge in [0, 0.05) is 21.6 Å². The molecule has 0 aliphatic carbocycles. The number of pyridine rings is 1. The van der Waals surface area contributed by atoms with E-state index in [1.807, 2.05) is 24.3 Å². The summed E-state index contributed by atoms with van der Waals surface area (Å²) in [6.45, 7) is 2.03. The first-order valence-corrected chi connectivity index (χ1v) is 7.12. The molecule has 6 nitrogen and oxygen atoms in total. The van der Waals surface area contributed by atoms with Crippen molar-refractivity contribution in [1.29, 1.82) is 0 Å².